The highest BCUT2D eigenvalue weighted by atomic mass is 35.5. The topological polar surface area (TPSA) is 40.6 Å². The maximum absolute atomic E-state index is 14.2. The number of nitrogens with zero attached hydrogens (tertiary/aromatic N) is 2. The van der Waals surface area contributed by atoms with Gasteiger partial charge in [-0.2, -0.15) is 0 Å². The Labute approximate surface area is 171 Å². The monoisotopic (exact) mass is 416 g/mol. The third-order valence-electron chi connectivity index (χ3n) is 5.63. The fourth-order valence-electron chi connectivity index (χ4n) is 4.11. The molecule has 144 valence electrons. The fourth-order valence-corrected chi connectivity index (χ4v) is 5.77. The van der Waals surface area contributed by atoms with Gasteiger partial charge in [-0.1, -0.05) is 29.8 Å². The number of carbonyl (C=O) groups excluding carboxylic acids is 2. The molecule has 1 atom stereocenters. The van der Waals surface area contributed by atoms with Crippen LogP contribution in [0.15, 0.2) is 42.5 Å². The minimum Gasteiger partial charge on any atom is -0.315 e. The summed E-state index contributed by atoms with van der Waals surface area (Å²) in [4.78, 5) is 28.8. The summed E-state index contributed by atoms with van der Waals surface area (Å²) in [5.74, 6) is 0.0626. The molecule has 0 N–H and O–H groups in total. The summed E-state index contributed by atoms with van der Waals surface area (Å²) in [6.45, 7) is 0.784. The number of carbonyl (C=O) groups is 2. The van der Waals surface area contributed by atoms with Gasteiger partial charge < -0.3 is 9.80 Å². The molecule has 4 nitrogen and oxygen atoms in total. The predicted molar refractivity (Wildman–Crippen MR) is 108 cm³/mol. The highest BCUT2D eigenvalue weighted by Gasteiger charge is 2.60. The minimum atomic E-state index is -1.17. The number of fused-ring (bicyclic) bond motifs is 2. The Kier molecular flexibility index (Phi) is 4.18. The van der Waals surface area contributed by atoms with Crippen LogP contribution >= 0.6 is 23.4 Å². The number of amides is 2. The first-order valence-corrected chi connectivity index (χ1v) is 10.7. The van der Waals surface area contributed by atoms with E-state index >= 15 is 0 Å². The Hall–Kier alpha value is -2.05. The van der Waals surface area contributed by atoms with Crippen LogP contribution < -0.4 is 4.90 Å². The Morgan fingerprint density at radius 2 is 2.04 bits per heavy atom. The number of hydrogen-bond donors (Lipinski definition) is 0. The molecule has 0 unspecified atom stereocenters. The number of rotatable bonds is 3. The van der Waals surface area contributed by atoms with Crippen LogP contribution in [0.2, 0.25) is 5.02 Å². The maximum Gasteiger partial charge on any atom is 0.268 e. The molecule has 2 amide bonds. The molecular formula is C21H18ClFN2O2S. The number of hydrogen-bond acceptors (Lipinski definition) is 3. The van der Waals surface area contributed by atoms with Gasteiger partial charge in [0.25, 0.3) is 5.91 Å². The lowest BCUT2D eigenvalue weighted by atomic mass is 10.0. The first kappa shape index (κ1) is 18.0. The van der Waals surface area contributed by atoms with Crippen molar-refractivity contribution in [3.63, 3.8) is 0 Å². The summed E-state index contributed by atoms with van der Waals surface area (Å²) in [5, 5.41) is 0.574. The van der Waals surface area contributed by atoms with Crippen molar-refractivity contribution in [3.8, 4) is 0 Å². The van der Waals surface area contributed by atoms with Crippen molar-refractivity contribution < 1.29 is 14.0 Å². The normalized spacial score (nSPS) is 23.6. The number of benzene rings is 2. The molecule has 2 aromatic carbocycles. The van der Waals surface area contributed by atoms with E-state index in [1.165, 1.54) is 23.9 Å². The van der Waals surface area contributed by atoms with Gasteiger partial charge in [-0.05, 0) is 42.7 Å². The van der Waals surface area contributed by atoms with Crippen molar-refractivity contribution in [1.82, 2.24) is 4.90 Å². The van der Waals surface area contributed by atoms with Crippen LogP contribution in [0.5, 0.6) is 0 Å². The molecule has 28 heavy (non-hydrogen) atoms. The second-order valence-corrected chi connectivity index (χ2v) is 9.10. The van der Waals surface area contributed by atoms with Crippen LogP contribution in [0.1, 0.15) is 24.0 Å². The third-order valence-corrected chi connectivity index (χ3v) is 7.42. The summed E-state index contributed by atoms with van der Waals surface area (Å²) in [6.07, 6.45) is 1.73. The number of thioether (sulfide) groups is 1. The summed E-state index contributed by atoms with van der Waals surface area (Å²) in [6, 6.07) is 11.8. The molecule has 3 aliphatic rings. The highest BCUT2D eigenvalue weighted by molar-refractivity contribution is 8.01. The van der Waals surface area contributed by atoms with Crippen molar-refractivity contribution in [1.29, 1.82) is 0 Å². The van der Waals surface area contributed by atoms with Crippen molar-refractivity contribution in [2.45, 2.75) is 24.3 Å². The molecule has 1 spiro atoms. The van der Waals surface area contributed by atoms with Crippen LogP contribution in [0, 0.1) is 11.7 Å². The van der Waals surface area contributed by atoms with E-state index in [9.17, 15) is 14.0 Å². The van der Waals surface area contributed by atoms with Gasteiger partial charge in [-0.3, -0.25) is 9.59 Å². The molecule has 7 heteroatoms. The average molecular weight is 417 g/mol. The second kappa shape index (κ2) is 6.49. The zero-order chi connectivity index (χ0) is 19.5. The Morgan fingerprint density at radius 3 is 2.79 bits per heavy atom. The van der Waals surface area contributed by atoms with Crippen LogP contribution in [0.4, 0.5) is 10.1 Å². The van der Waals surface area contributed by atoms with Crippen molar-refractivity contribution in [3.05, 3.63) is 64.4 Å². The van der Waals surface area contributed by atoms with E-state index < -0.39 is 10.7 Å². The van der Waals surface area contributed by atoms with Gasteiger partial charge in [0, 0.05) is 28.8 Å². The Bertz CT molecular complexity index is 996. The third kappa shape index (κ3) is 2.58. The maximum atomic E-state index is 14.2. The van der Waals surface area contributed by atoms with Gasteiger partial charge in [0.05, 0.1) is 12.2 Å². The van der Waals surface area contributed by atoms with Gasteiger partial charge >= 0.3 is 0 Å². The molecule has 0 bridgehead atoms. The van der Waals surface area contributed by atoms with Crippen molar-refractivity contribution in [2.75, 3.05) is 17.2 Å². The highest BCUT2D eigenvalue weighted by Crippen LogP contribution is 2.55. The summed E-state index contributed by atoms with van der Waals surface area (Å²) in [5.41, 5.74) is 2.03. The minimum absolute atomic E-state index is 0.00185. The lowest BCUT2D eigenvalue weighted by Crippen LogP contribution is -2.50. The van der Waals surface area contributed by atoms with Gasteiger partial charge in [-0.15, -0.1) is 11.8 Å². The molecule has 2 fully saturated rings. The van der Waals surface area contributed by atoms with E-state index in [1.54, 1.807) is 21.9 Å². The molecule has 2 aliphatic heterocycles. The Morgan fingerprint density at radius 1 is 1.25 bits per heavy atom. The molecule has 1 aliphatic carbocycles. The lowest BCUT2D eigenvalue weighted by molar-refractivity contribution is -0.141. The molecule has 1 saturated carbocycles. The van der Waals surface area contributed by atoms with E-state index in [-0.39, 0.29) is 24.3 Å². The van der Waals surface area contributed by atoms with E-state index in [0.717, 1.165) is 18.4 Å². The van der Waals surface area contributed by atoms with Gasteiger partial charge in [0.1, 0.15) is 5.82 Å². The average Bonchev–Trinajstić information content (AvgIpc) is 3.40. The first-order chi connectivity index (χ1) is 13.5. The number of anilines is 1. The zero-order valence-corrected chi connectivity index (χ0v) is 16.6. The van der Waals surface area contributed by atoms with Gasteiger partial charge in [0.15, 0.2) is 4.87 Å². The van der Waals surface area contributed by atoms with Crippen LogP contribution in [-0.2, 0) is 21.0 Å². The van der Waals surface area contributed by atoms with Crippen LogP contribution in [-0.4, -0.2) is 29.0 Å². The SMILES string of the molecule is O=C(C1CC1)N1CCS[C@]12C(=O)N(Cc1ccccc1Cl)c1ccc(F)cc12. The molecule has 0 aromatic heterocycles. The predicted octanol–water partition coefficient (Wildman–Crippen LogP) is 4.16. The van der Waals surface area contributed by atoms with E-state index in [2.05, 4.69) is 0 Å². The van der Waals surface area contributed by atoms with Crippen LogP contribution in [0.25, 0.3) is 0 Å². The van der Waals surface area contributed by atoms with Crippen LogP contribution in [0.3, 0.4) is 0 Å². The zero-order valence-electron chi connectivity index (χ0n) is 15.0. The Balaban J connectivity index is 1.61. The summed E-state index contributed by atoms with van der Waals surface area (Å²) < 4.78 is 14.2. The standard InChI is InChI=1S/C21H18ClFN2O2S/c22-17-4-2-1-3-14(17)12-24-18-8-7-15(23)11-16(18)21(20(24)27)25(9-10-28-21)19(26)13-5-6-13/h1-4,7-8,11,13H,5-6,9-10,12H2/t21-/m1/s1. The summed E-state index contributed by atoms with van der Waals surface area (Å²) in [7, 11) is 0. The lowest BCUT2D eigenvalue weighted by Gasteiger charge is -2.33. The summed E-state index contributed by atoms with van der Waals surface area (Å²) >= 11 is 7.74. The molecule has 2 heterocycles. The quantitative estimate of drug-likeness (QED) is 0.754. The first-order valence-electron chi connectivity index (χ1n) is 9.33. The molecule has 5 rings (SSSR count). The number of halogens is 2. The van der Waals surface area contributed by atoms with E-state index in [0.29, 0.717) is 28.6 Å². The van der Waals surface area contributed by atoms with Crippen molar-refractivity contribution in [2.24, 2.45) is 5.92 Å². The molecular weight excluding hydrogens is 399 g/mol. The largest absolute Gasteiger partial charge is 0.315 e. The smallest absolute Gasteiger partial charge is 0.268 e. The van der Waals surface area contributed by atoms with Crippen molar-refractivity contribution >= 4 is 40.9 Å². The van der Waals surface area contributed by atoms with E-state index in [1.807, 2.05) is 18.2 Å². The fraction of sp³-hybridized carbons (Fsp3) is 0.333. The van der Waals surface area contributed by atoms with Gasteiger partial charge in [-0.25, -0.2) is 4.39 Å². The second-order valence-electron chi connectivity index (χ2n) is 7.40. The van der Waals surface area contributed by atoms with E-state index in [4.69, 9.17) is 11.6 Å². The molecule has 1 saturated heterocycles. The molecule has 2 aromatic rings. The van der Waals surface area contributed by atoms with Gasteiger partial charge in [0.2, 0.25) is 5.91 Å². The molecule has 0 radical (unpaired) electrons.